The first-order valence-electron chi connectivity index (χ1n) is 10.1. The number of hydrogen-bond donors (Lipinski definition) is 1. The second kappa shape index (κ2) is 9.41. The Labute approximate surface area is 172 Å². The summed E-state index contributed by atoms with van der Waals surface area (Å²) in [7, 11) is -3.67. The van der Waals surface area contributed by atoms with Crippen LogP contribution in [0.1, 0.15) is 44.6 Å². The molecule has 1 aliphatic heterocycles. The third kappa shape index (κ3) is 4.79. The zero-order valence-corrected chi connectivity index (χ0v) is 17.7. The Bertz CT molecular complexity index is 939. The minimum atomic E-state index is -3.67. The molecule has 0 spiro atoms. The highest BCUT2D eigenvalue weighted by molar-refractivity contribution is 7.89. The average molecular weight is 417 g/mol. The van der Waals surface area contributed by atoms with Gasteiger partial charge in [-0.3, -0.25) is 4.79 Å². The summed E-state index contributed by atoms with van der Waals surface area (Å²) in [6.45, 7) is 5.15. The van der Waals surface area contributed by atoms with Crippen molar-refractivity contribution in [2.45, 2.75) is 43.9 Å². The van der Waals surface area contributed by atoms with Crippen molar-refractivity contribution in [3.05, 3.63) is 54.1 Å². The Kier molecular flexibility index (Phi) is 6.92. The Morgan fingerprint density at radius 1 is 1.10 bits per heavy atom. The topological polar surface area (TPSA) is 75.7 Å². The summed E-state index contributed by atoms with van der Waals surface area (Å²) in [5.41, 5.74) is 1.38. The summed E-state index contributed by atoms with van der Waals surface area (Å²) < 4.78 is 33.3. The molecule has 0 aliphatic carbocycles. The van der Waals surface area contributed by atoms with Gasteiger partial charge in [0.2, 0.25) is 15.9 Å². The van der Waals surface area contributed by atoms with E-state index in [2.05, 4.69) is 5.32 Å². The van der Waals surface area contributed by atoms with Crippen LogP contribution in [-0.4, -0.2) is 38.3 Å². The third-order valence-electron chi connectivity index (χ3n) is 5.12. The number of anilines is 1. The van der Waals surface area contributed by atoms with Crippen LogP contribution in [-0.2, 0) is 14.8 Å². The van der Waals surface area contributed by atoms with Gasteiger partial charge in [0.25, 0.3) is 0 Å². The standard InChI is InChI=1S/C22H28N2O4S/c1-3-19(17-10-6-5-7-11-17)22(25)23-18-12-13-20(28-4-2)21(16-18)29(26,27)24-14-8-9-15-24/h5-7,10-13,16,19H,3-4,8-9,14-15H2,1-2H3,(H,23,25). The zero-order valence-electron chi connectivity index (χ0n) is 16.9. The van der Waals surface area contributed by atoms with E-state index in [1.807, 2.05) is 44.2 Å². The maximum absolute atomic E-state index is 13.1. The predicted octanol–water partition coefficient (Wildman–Crippen LogP) is 4.00. The van der Waals surface area contributed by atoms with Crippen LogP contribution in [0.25, 0.3) is 0 Å². The summed E-state index contributed by atoms with van der Waals surface area (Å²) in [5.74, 6) is -0.152. The van der Waals surface area contributed by atoms with Crippen molar-refractivity contribution in [1.29, 1.82) is 0 Å². The molecule has 1 unspecified atom stereocenters. The molecular formula is C22H28N2O4S. The van der Waals surface area contributed by atoms with E-state index in [0.717, 1.165) is 18.4 Å². The summed E-state index contributed by atoms with van der Waals surface area (Å²) in [6.07, 6.45) is 2.36. The van der Waals surface area contributed by atoms with Crippen LogP contribution < -0.4 is 10.1 Å². The fraction of sp³-hybridized carbons (Fsp3) is 0.409. The van der Waals surface area contributed by atoms with E-state index < -0.39 is 10.0 Å². The summed E-state index contributed by atoms with van der Waals surface area (Å²) in [4.78, 5) is 13.0. The largest absolute Gasteiger partial charge is 0.492 e. The van der Waals surface area contributed by atoms with Gasteiger partial charge in [-0.2, -0.15) is 4.31 Å². The van der Waals surface area contributed by atoms with E-state index >= 15 is 0 Å². The number of sulfonamides is 1. The molecule has 2 aromatic carbocycles. The third-order valence-corrected chi connectivity index (χ3v) is 7.04. The van der Waals surface area contributed by atoms with Gasteiger partial charge in [0, 0.05) is 18.8 Å². The number of carbonyl (C=O) groups is 1. The van der Waals surface area contributed by atoms with Gasteiger partial charge in [0.05, 0.1) is 12.5 Å². The second-order valence-corrected chi connectivity index (χ2v) is 8.97. The van der Waals surface area contributed by atoms with Crippen LogP contribution in [0.5, 0.6) is 5.75 Å². The molecule has 1 heterocycles. The lowest BCUT2D eigenvalue weighted by Gasteiger charge is -2.20. The lowest BCUT2D eigenvalue weighted by atomic mass is 9.95. The maximum Gasteiger partial charge on any atom is 0.246 e. The lowest BCUT2D eigenvalue weighted by molar-refractivity contribution is -0.117. The molecule has 0 saturated carbocycles. The minimum Gasteiger partial charge on any atom is -0.492 e. The van der Waals surface area contributed by atoms with Crippen molar-refractivity contribution in [2.24, 2.45) is 0 Å². The highest BCUT2D eigenvalue weighted by Crippen LogP contribution is 2.32. The molecule has 0 bridgehead atoms. The molecule has 0 radical (unpaired) electrons. The van der Waals surface area contributed by atoms with Crippen molar-refractivity contribution >= 4 is 21.6 Å². The van der Waals surface area contributed by atoms with Crippen LogP contribution in [0, 0.1) is 0 Å². The number of rotatable bonds is 8. The Balaban J connectivity index is 1.89. The number of amides is 1. The Morgan fingerprint density at radius 2 is 1.79 bits per heavy atom. The quantitative estimate of drug-likeness (QED) is 0.706. The van der Waals surface area contributed by atoms with Gasteiger partial charge < -0.3 is 10.1 Å². The first-order valence-corrected chi connectivity index (χ1v) is 11.5. The summed E-state index contributed by atoms with van der Waals surface area (Å²) >= 11 is 0. The van der Waals surface area contributed by atoms with Gasteiger partial charge in [0.1, 0.15) is 10.6 Å². The molecule has 29 heavy (non-hydrogen) atoms. The minimum absolute atomic E-state index is 0.104. The molecule has 2 aromatic rings. The SMILES string of the molecule is CCOc1ccc(NC(=O)C(CC)c2ccccc2)cc1S(=O)(=O)N1CCCC1. The van der Waals surface area contributed by atoms with Gasteiger partial charge in [-0.05, 0) is 49.9 Å². The molecule has 6 nitrogen and oxygen atoms in total. The number of nitrogens with zero attached hydrogens (tertiary/aromatic N) is 1. The number of ether oxygens (including phenoxy) is 1. The Hall–Kier alpha value is -2.38. The molecule has 1 fully saturated rings. The van der Waals surface area contributed by atoms with Gasteiger partial charge in [0.15, 0.2) is 0 Å². The fourth-order valence-corrected chi connectivity index (χ4v) is 5.29. The van der Waals surface area contributed by atoms with Gasteiger partial charge in [-0.15, -0.1) is 0 Å². The highest BCUT2D eigenvalue weighted by atomic mass is 32.2. The predicted molar refractivity (Wildman–Crippen MR) is 114 cm³/mol. The van der Waals surface area contributed by atoms with Gasteiger partial charge in [-0.1, -0.05) is 37.3 Å². The molecule has 3 rings (SSSR count). The lowest BCUT2D eigenvalue weighted by Crippen LogP contribution is -2.28. The van der Waals surface area contributed by atoms with Crippen LogP contribution in [0.4, 0.5) is 5.69 Å². The maximum atomic E-state index is 13.1. The molecule has 1 N–H and O–H groups in total. The van der Waals surface area contributed by atoms with Crippen molar-refractivity contribution in [2.75, 3.05) is 25.0 Å². The first kappa shape index (κ1) is 21.3. The van der Waals surface area contributed by atoms with Crippen LogP contribution >= 0.6 is 0 Å². The highest BCUT2D eigenvalue weighted by Gasteiger charge is 2.30. The van der Waals surface area contributed by atoms with Crippen molar-refractivity contribution < 1.29 is 17.9 Å². The summed E-state index contributed by atoms with van der Waals surface area (Å²) in [6, 6.07) is 14.4. The monoisotopic (exact) mass is 416 g/mol. The molecule has 1 aliphatic rings. The zero-order chi connectivity index (χ0) is 20.9. The van der Waals surface area contributed by atoms with Crippen molar-refractivity contribution in [3.8, 4) is 5.75 Å². The molecular weight excluding hydrogens is 388 g/mol. The van der Waals surface area contributed by atoms with Crippen molar-refractivity contribution in [1.82, 2.24) is 4.31 Å². The van der Waals surface area contributed by atoms with E-state index in [1.54, 1.807) is 12.1 Å². The Morgan fingerprint density at radius 3 is 2.41 bits per heavy atom. The average Bonchev–Trinajstić information content (AvgIpc) is 3.26. The molecule has 7 heteroatoms. The molecule has 1 amide bonds. The smallest absolute Gasteiger partial charge is 0.246 e. The van der Waals surface area contributed by atoms with E-state index in [4.69, 9.17) is 4.74 Å². The van der Waals surface area contributed by atoms with Gasteiger partial charge in [-0.25, -0.2) is 8.42 Å². The summed E-state index contributed by atoms with van der Waals surface area (Å²) in [5, 5.41) is 2.89. The van der Waals surface area contributed by atoms with Crippen LogP contribution in [0.3, 0.4) is 0 Å². The van der Waals surface area contributed by atoms with Crippen LogP contribution in [0.15, 0.2) is 53.4 Å². The normalized spacial score (nSPS) is 15.8. The molecule has 1 atom stereocenters. The second-order valence-electron chi connectivity index (χ2n) is 7.07. The first-order chi connectivity index (χ1) is 14.0. The molecule has 1 saturated heterocycles. The molecule has 156 valence electrons. The number of nitrogens with one attached hydrogen (secondary N) is 1. The van der Waals surface area contributed by atoms with Crippen LogP contribution in [0.2, 0.25) is 0 Å². The van der Waals surface area contributed by atoms with E-state index in [0.29, 0.717) is 37.6 Å². The number of benzene rings is 2. The van der Waals surface area contributed by atoms with E-state index in [9.17, 15) is 13.2 Å². The number of hydrogen-bond acceptors (Lipinski definition) is 4. The fourth-order valence-electron chi connectivity index (χ4n) is 3.62. The van der Waals surface area contributed by atoms with Crippen molar-refractivity contribution in [3.63, 3.8) is 0 Å². The number of carbonyl (C=O) groups excluding carboxylic acids is 1. The van der Waals surface area contributed by atoms with E-state index in [1.165, 1.54) is 10.4 Å². The van der Waals surface area contributed by atoms with Gasteiger partial charge >= 0.3 is 0 Å². The van der Waals surface area contributed by atoms with E-state index in [-0.39, 0.29) is 16.7 Å². The molecule has 0 aromatic heterocycles.